The smallest absolute Gasteiger partial charge is 0.251 e. The van der Waals surface area contributed by atoms with E-state index in [4.69, 9.17) is 16.3 Å². The molecule has 2 heterocycles. The van der Waals surface area contributed by atoms with Crippen molar-refractivity contribution < 1.29 is 9.53 Å². The summed E-state index contributed by atoms with van der Waals surface area (Å²) in [5.74, 6) is 0.176. The number of halogens is 1. The van der Waals surface area contributed by atoms with Crippen molar-refractivity contribution in [3.63, 3.8) is 0 Å². The van der Waals surface area contributed by atoms with Crippen LogP contribution >= 0.6 is 11.6 Å². The quantitative estimate of drug-likeness (QED) is 0.858. The summed E-state index contributed by atoms with van der Waals surface area (Å²) < 4.78 is 5.48. The van der Waals surface area contributed by atoms with Crippen LogP contribution in [0.4, 0.5) is 0 Å². The Kier molecular flexibility index (Phi) is 4.78. The second-order valence-electron chi connectivity index (χ2n) is 5.73. The van der Waals surface area contributed by atoms with Crippen molar-refractivity contribution in [3.8, 4) is 0 Å². The van der Waals surface area contributed by atoms with Crippen molar-refractivity contribution in [1.29, 1.82) is 0 Å². The van der Waals surface area contributed by atoms with Crippen molar-refractivity contribution in [2.75, 3.05) is 32.8 Å². The lowest BCUT2D eigenvalue weighted by Crippen LogP contribution is -2.51. The number of nitrogens with zero attached hydrogens (tertiary/aromatic N) is 2. The molecular formula is C16H21ClN2O2. The van der Waals surface area contributed by atoms with E-state index >= 15 is 0 Å². The molecule has 0 bridgehead atoms. The zero-order valence-electron chi connectivity index (χ0n) is 12.1. The molecule has 0 spiro atoms. The second kappa shape index (κ2) is 6.77. The third-order valence-corrected chi connectivity index (χ3v) is 4.42. The molecule has 2 aliphatic rings. The van der Waals surface area contributed by atoms with Gasteiger partial charge in [0, 0.05) is 44.4 Å². The summed E-state index contributed by atoms with van der Waals surface area (Å²) in [6, 6.07) is 7.97. The summed E-state index contributed by atoms with van der Waals surface area (Å²) in [6.07, 6.45) is 1.69. The van der Waals surface area contributed by atoms with Crippen LogP contribution < -0.4 is 0 Å². The van der Waals surface area contributed by atoms with Crippen LogP contribution in [-0.2, 0) is 16.1 Å². The third kappa shape index (κ3) is 3.76. The highest BCUT2D eigenvalue weighted by atomic mass is 35.5. The van der Waals surface area contributed by atoms with Gasteiger partial charge in [-0.05, 0) is 30.5 Å². The number of amides is 1. The molecule has 1 amide bonds. The van der Waals surface area contributed by atoms with Gasteiger partial charge in [0.15, 0.2) is 0 Å². The number of piperazine rings is 1. The summed E-state index contributed by atoms with van der Waals surface area (Å²) >= 11 is 6.01. The topological polar surface area (TPSA) is 32.8 Å². The Labute approximate surface area is 130 Å². The lowest BCUT2D eigenvalue weighted by atomic mass is 10.1. The predicted octanol–water partition coefficient (Wildman–Crippen LogP) is 2.16. The minimum atomic E-state index is -0.190. The van der Waals surface area contributed by atoms with E-state index in [-0.39, 0.29) is 12.0 Å². The Morgan fingerprint density at radius 1 is 1.29 bits per heavy atom. The van der Waals surface area contributed by atoms with E-state index in [9.17, 15) is 4.79 Å². The maximum absolute atomic E-state index is 12.3. The maximum atomic E-state index is 12.3. The van der Waals surface area contributed by atoms with Crippen molar-refractivity contribution in [3.05, 3.63) is 34.9 Å². The van der Waals surface area contributed by atoms with Crippen molar-refractivity contribution in [2.24, 2.45) is 0 Å². The molecule has 1 aromatic carbocycles. The van der Waals surface area contributed by atoms with Crippen molar-refractivity contribution in [1.82, 2.24) is 9.80 Å². The van der Waals surface area contributed by atoms with Crippen LogP contribution in [0.5, 0.6) is 0 Å². The van der Waals surface area contributed by atoms with E-state index in [1.165, 1.54) is 5.56 Å². The van der Waals surface area contributed by atoms with Gasteiger partial charge < -0.3 is 9.64 Å². The summed E-state index contributed by atoms with van der Waals surface area (Å²) in [5, 5.41) is 0.777. The average Bonchev–Trinajstić information content (AvgIpc) is 3.01. The molecule has 4 nitrogen and oxygen atoms in total. The zero-order chi connectivity index (χ0) is 14.7. The molecule has 0 aromatic heterocycles. The molecule has 2 saturated heterocycles. The minimum Gasteiger partial charge on any atom is -0.368 e. The summed E-state index contributed by atoms with van der Waals surface area (Å²) in [6.45, 7) is 5.02. The first kappa shape index (κ1) is 14.8. The van der Waals surface area contributed by atoms with Crippen LogP contribution in [-0.4, -0.2) is 54.6 Å². The van der Waals surface area contributed by atoms with Gasteiger partial charge in [-0.25, -0.2) is 0 Å². The molecular weight excluding hydrogens is 288 g/mol. The standard InChI is InChI=1S/C16H21ClN2O2/c17-14-4-1-3-13(11-14)12-18-6-8-19(9-7-18)16(20)15-5-2-10-21-15/h1,3-4,11,15H,2,5-10,12H2/t15-/m0/s1. The number of benzene rings is 1. The Morgan fingerprint density at radius 2 is 2.10 bits per heavy atom. The van der Waals surface area contributed by atoms with Gasteiger partial charge in [0.25, 0.3) is 5.91 Å². The van der Waals surface area contributed by atoms with Gasteiger partial charge >= 0.3 is 0 Å². The largest absolute Gasteiger partial charge is 0.368 e. The number of hydrogen-bond acceptors (Lipinski definition) is 3. The van der Waals surface area contributed by atoms with Gasteiger partial charge in [-0.2, -0.15) is 0 Å². The van der Waals surface area contributed by atoms with Gasteiger partial charge in [-0.15, -0.1) is 0 Å². The Balaban J connectivity index is 1.49. The molecule has 114 valence electrons. The molecule has 0 unspecified atom stereocenters. The first-order valence-corrected chi connectivity index (χ1v) is 7.97. The first-order valence-electron chi connectivity index (χ1n) is 7.59. The van der Waals surface area contributed by atoms with Gasteiger partial charge in [-0.3, -0.25) is 9.69 Å². The molecule has 2 aliphatic heterocycles. The van der Waals surface area contributed by atoms with Gasteiger partial charge in [0.2, 0.25) is 0 Å². The van der Waals surface area contributed by atoms with Crippen LogP contribution in [0.15, 0.2) is 24.3 Å². The van der Waals surface area contributed by atoms with E-state index in [0.717, 1.165) is 57.2 Å². The highest BCUT2D eigenvalue weighted by Gasteiger charge is 2.30. The summed E-state index contributed by atoms with van der Waals surface area (Å²) in [5.41, 5.74) is 1.22. The molecule has 1 atom stereocenters. The fourth-order valence-corrected chi connectivity index (χ4v) is 3.21. The monoisotopic (exact) mass is 308 g/mol. The third-order valence-electron chi connectivity index (χ3n) is 4.18. The number of carbonyl (C=O) groups excluding carboxylic acids is 1. The van der Waals surface area contributed by atoms with E-state index in [1.807, 2.05) is 23.1 Å². The molecule has 0 radical (unpaired) electrons. The normalized spacial score (nSPS) is 23.5. The van der Waals surface area contributed by atoms with Crippen molar-refractivity contribution >= 4 is 17.5 Å². The highest BCUT2D eigenvalue weighted by Crippen LogP contribution is 2.17. The van der Waals surface area contributed by atoms with Crippen LogP contribution in [0.2, 0.25) is 5.02 Å². The molecule has 0 saturated carbocycles. The average molecular weight is 309 g/mol. The molecule has 0 aliphatic carbocycles. The molecule has 21 heavy (non-hydrogen) atoms. The highest BCUT2D eigenvalue weighted by molar-refractivity contribution is 6.30. The molecule has 2 fully saturated rings. The molecule has 0 N–H and O–H groups in total. The predicted molar refractivity (Wildman–Crippen MR) is 82.3 cm³/mol. The first-order chi connectivity index (χ1) is 10.2. The fourth-order valence-electron chi connectivity index (χ4n) is 3.00. The van der Waals surface area contributed by atoms with E-state index in [0.29, 0.717) is 0 Å². The Hall–Kier alpha value is -1.10. The molecule has 1 aromatic rings. The zero-order valence-corrected chi connectivity index (χ0v) is 12.9. The van der Waals surface area contributed by atoms with E-state index < -0.39 is 0 Å². The lowest BCUT2D eigenvalue weighted by molar-refractivity contribution is -0.142. The Morgan fingerprint density at radius 3 is 2.76 bits per heavy atom. The minimum absolute atomic E-state index is 0.176. The summed E-state index contributed by atoms with van der Waals surface area (Å²) in [7, 11) is 0. The summed E-state index contributed by atoms with van der Waals surface area (Å²) in [4.78, 5) is 16.6. The maximum Gasteiger partial charge on any atom is 0.251 e. The van der Waals surface area contributed by atoms with Gasteiger partial charge in [-0.1, -0.05) is 23.7 Å². The fraction of sp³-hybridized carbons (Fsp3) is 0.562. The van der Waals surface area contributed by atoms with E-state index in [2.05, 4.69) is 11.0 Å². The van der Waals surface area contributed by atoms with Crippen molar-refractivity contribution in [2.45, 2.75) is 25.5 Å². The van der Waals surface area contributed by atoms with Gasteiger partial charge in [0.1, 0.15) is 6.10 Å². The number of rotatable bonds is 3. The van der Waals surface area contributed by atoms with E-state index in [1.54, 1.807) is 0 Å². The SMILES string of the molecule is O=C([C@@H]1CCCO1)N1CCN(Cc2cccc(Cl)c2)CC1. The number of hydrogen-bond donors (Lipinski definition) is 0. The van der Waals surface area contributed by atoms with Crippen LogP contribution in [0.25, 0.3) is 0 Å². The van der Waals surface area contributed by atoms with Crippen LogP contribution in [0.3, 0.4) is 0 Å². The Bertz CT molecular complexity index is 495. The number of ether oxygens (including phenoxy) is 1. The lowest BCUT2D eigenvalue weighted by Gasteiger charge is -2.35. The van der Waals surface area contributed by atoms with Crippen LogP contribution in [0.1, 0.15) is 18.4 Å². The number of carbonyl (C=O) groups is 1. The van der Waals surface area contributed by atoms with Crippen LogP contribution in [0, 0.1) is 0 Å². The molecule has 5 heteroatoms. The second-order valence-corrected chi connectivity index (χ2v) is 6.17. The molecule has 3 rings (SSSR count). The van der Waals surface area contributed by atoms with Gasteiger partial charge in [0.05, 0.1) is 0 Å².